The molecular weight excluding hydrogens is 671 g/mol. The second-order valence-electron chi connectivity index (χ2n) is 16.1. The molecule has 0 radical (unpaired) electrons. The number of unbranched alkanes of at least 4 members (excludes halogenated alkanes) is 28. The maximum Gasteiger partial charge on any atom is 0.305 e. The second kappa shape index (κ2) is 44.1. The number of esters is 1. The molecule has 0 aromatic carbocycles. The zero-order chi connectivity index (χ0) is 39.4. The minimum Gasteiger partial charge on any atom is -0.466 e. The Bertz CT molecular complexity index is 843. The molecule has 3 N–H and O–H groups in total. The van der Waals surface area contributed by atoms with Crippen LogP contribution in [0.4, 0.5) is 0 Å². The first kappa shape index (κ1) is 52.3. The van der Waals surface area contributed by atoms with Crippen LogP contribution in [0.2, 0.25) is 0 Å². The summed E-state index contributed by atoms with van der Waals surface area (Å²) in [4.78, 5) is 24.4. The molecule has 0 rings (SSSR count). The third-order valence-corrected chi connectivity index (χ3v) is 10.7. The van der Waals surface area contributed by atoms with Crippen LogP contribution in [0.5, 0.6) is 0 Å². The SMILES string of the molecule is CCCCCCCC/C=C\CCCCCCCC(=O)OCCCCC/C=C\CCCCCCCC(=O)NC(CO)C(O)CCCCCCCCCCCC. The minimum absolute atomic E-state index is 0.0315. The molecule has 0 aromatic rings. The summed E-state index contributed by atoms with van der Waals surface area (Å²) in [7, 11) is 0. The van der Waals surface area contributed by atoms with Crippen molar-refractivity contribution in [1.29, 1.82) is 0 Å². The lowest BCUT2D eigenvalue weighted by Gasteiger charge is -2.22. The molecular formula is C48H91NO5. The lowest BCUT2D eigenvalue weighted by atomic mass is 10.0. The molecule has 6 nitrogen and oxygen atoms in total. The first-order valence-corrected chi connectivity index (χ1v) is 23.6. The number of hydrogen-bond acceptors (Lipinski definition) is 5. The molecule has 54 heavy (non-hydrogen) atoms. The summed E-state index contributed by atoms with van der Waals surface area (Å²) < 4.78 is 5.43. The van der Waals surface area contributed by atoms with Crippen molar-refractivity contribution >= 4 is 11.9 Å². The fourth-order valence-electron chi connectivity index (χ4n) is 7.04. The van der Waals surface area contributed by atoms with Gasteiger partial charge in [-0.1, -0.05) is 173 Å². The Morgan fingerprint density at radius 3 is 1.31 bits per heavy atom. The number of carbonyl (C=O) groups excluding carboxylic acids is 2. The number of nitrogens with one attached hydrogen (secondary N) is 1. The van der Waals surface area contributed by atoms with E-state index in [-0.39, 0.29) is 18.5 Å². The number of aliphatic hydroxyl groups is 2. The van der Waals surface area contributed by atoms with Gasteiger partial charge in [-0.05, 0) is 83.5 Å². The van der Waals surface area contributed by atoms with E-state index in [1.165, 1.54) is 135 Å². The van der Waals surface area contributed by atoms with E-state index in [9.17, 15) is 19.8 Å². The first-order valence-electron chi connectivity index (χ1n) is 23.6. The normalized spacial score (nSPS) is 12.9. The van der Waals surface area contributed by atoms with E-state index in [1.54, 1.807) is 0 Å². The fraction of sp³-hybridized carbons (Fsp3) is 0.875. The molecule has 0 aliphatic carbocycles. The average Bonchev–Trinajstić information content (AvgIpc) is 3.17. The van der Waals surface area contributed by atoms with Crippen molar-refractivity contribution in [2.24, 2.45) is 0 Å². The maximum atomic E-state index is 12.4. The monoisotopic (exact) mass is 762 g/mol. The number of hydrogen-bond donors (Lipinski definition) is 3. The predicted octanol–water partition coefficient (Wildman–Crippen LogP) is 13.6. The highest BCUT2D eigenvalue weighted by Gasteiger charge is 2.20. The van der Waals surface area contributed by atoms with E-state index in [1.807, 2.05) is 0 Å². The predicted molar refractivity (Wildman–Crippen MR) is 232 cm³/mol. The van der Waals surface area contributed by atoms with Crippen LogP contribution in [0.25, 0.3) is 0 Å². The van der Waals surface area contributed by atoms with Gasteiger partial charge in [0.25, 0.3) is 0 Å². The standard InChI is InChI=1S/C48H91NO5/c1-3-5-7-9-11-13-15-16-17-18-22-26-30-34-38-42-48(53)54-43-39-35-31-27-23-20-19-21-25-29-33-37-41-47(52)49-45(44-50)46(51)40-36-32-28-24-14-12-10-8-6-4-2/h16-17,20,23,45-46,50-51H,3-15,18-19,21-22,24-44H2,1-2H3,(H,49,52)/b17-16-,23-20-. The number of amides is 1. The molecule has 0 aromatic heterocycles. The Kier molecular flexibility index (Phi) is 42.7. The summed E-state index contributed by atoms with van der Waals surface area (Å²) in [6.45, 7) is 4.86. The van der Waals surface area contributed by atoms with Crippen LogP contribution in [0.1, 0.15) is 245 Å². The van der Waals surface area contributed by atoms with Gasteiger partial charge in [-0.2, -0.15) is 0 Å². The van der Waals surface area contributed by atoms with Gasteiger partial charge in [0.2, 0.25) is 5.91 Å². The first-order chi connectivity index (χ1) is 26.5. The zero-order valence-electron chi connectivity index (χ0n) is 36.0. The van der Waals surface area contributed by atoms with E-state index < -0.39 is 12.1 Å². The Morgan fingerprint density at radius 1 is 0.500 bits per heavy atom. The molecule has 2 atom stereocenters. The Balaban J connectivity index is 3.50. The van der Waals surface area contributed by atoms with Crippen molar-refractivity contribution in [2.45, 2.75) is 257 Å². The highest BCUT2D eigenvalue weighted by atomic mass is 16.5. The highest BCUT2D eigenvalue weighted by molar-refractivity contribution is 5.76. The van der Waals surface area contributed by atoms with E-state index >= 15 is 0 Å². The molecule has 0 aliphatic rings. The molecule has 1 amide bonds. The number of allylic oxidation sites excluding steroid dienone is 4. The summed E-state index contributed by atoms with van der Waals surface area (Å²) in [5.74, 6) is -0.0954. The fourth-order valence-corrected chi connectivity index (χ4v) is 7.04. The van der Waals surface area contributed by atoms with Crippen molar-refractivity contribution in [3.63, 3.8) is 0 Å². The van der Waals surface area contributed by atoms with Crippen molar-refractivity contribution in [3.8, 4) is 0 Å². The van der Waals surface area contributed by atoms with Crippen LogP contribution in [-0.2, 0) is 14.3 Å². The molecule has 0 saturated carbocycles. The van der Waals surface area contributed by atoms with Crippen molar-refractivity contribution in [3.05, 3.63) is 24.3 Å². The summed E-state index contributed by atoms with van der Waals surface area (Å²) >= 11 is 0. The summed E-state index contributed by atoms with van der Waals surface area (Å²) in [6, 6.07) is -0.558. The van der Waals surface area contributed by atoms with Gasteiger partial charge in [0.1, 0.15) is 0 Å². The zero-order valence-corrected chi connectivity index (χ0v) is 36.0. The molecule has 318 valence electrons. The van der Waals surface area contributed by atoms with Gasteiger partial charge >= 0.3 is 5.97 Å². The van der Waals surface area contributed by atoms with E-state index in [4.69, 9.17) is 4.74 Å². The summed E-state index contributed by atoms with van der Waals surface area (Å²) in [6.07, 6.45) is 50.0. The van der Waals surface area contributed by atoms with Crippen LogP contribution in [0.15, 0.2) is 24.3 Å². The van der Waals surface area contributed by atoms with Gasteiger partial charge in [-0.3, -0.25) is 9.59 Å². The second-order valence-corrected chi connectivity index (χ2v) is 16.1. The lowest BCUT2D eigenvalue weighted by molar-refractivity contribution is -0.143. The van der Waals surface area contributed by atoms with Crippen molar-refractivity contribution < 1.29 is 24.5 Å². The number of aliphatic hydroxyl groups excluding tert-OH is 2. The maximum absolute atomic E-state index is 12.4. The molecule has 2 unspecified atom stereocenters. The number of ether oxygens (including phenoxy) is 1. The Labute approximate surface area is 335 Å². The summed E-state index contributed by atoms with van der Waals surface area (Å²) in [5.41, 5.74) is 0. The van der Waals surface area contributed by atoms with Crippen LogP contribution in [-0.4, -0.2) is 47.4 Å². The molecule has 0 fully saturated rings. The molecule has 0 spiro atoms. The Morgan fingerprint density at radius 2 is 0.870 bits per heavy atom. The van der Waals surface area contributed by atoms with Gasteiger partial charge in [0.05, 0.1) is 25.4 Å². The van der Waals surface area contributed by atoms with Gasteiger partial charge in [0.15, 0.2) is 0 Å². The lowest BCUT2D eigenvalue weighted by Crippen LogP contribution is -2.45. The molecule has 0 bridgehead atoms. The smallest absolute Gasteiger partial charge is 0.305 e. The molecule has 0 saturated heterocycles. The quantitative estimate of drug-likeness (QED) is 0.0327. The van der Waals surface area contributed by atoms with E-state index in [2.05, 4.69) is 43.5 Å². The van der Waals surface area contributed by atoms with Crippen LogP contribution < -0.4 is 5.32 Å². The Hall–Kier alpha value is -1.66. The summed E-state index contributed by atoms with van der Waals surface area (Å²) in [5, 5.41) is 23.0. The van der Waals surface area contributed by atoms with Crippen molar-refractivity contribution in [1.82, 2.24) is 5.32 Å². The largest absolute Gasteiger partial charge is 0.466 e. The highest BCUT2D eigenvalue weighted by Crippen LogP contribution is 2.15. The van der Waals surface area contributed by atoms with Crippen molar-refractivity contribution in [2.75, 3.05) is 13.2 Å². The average molecular weight is 762 g/mol. The van der Waals surface area contributed by atoms with Gasteiger partial charge in [-0.25, -0.2) is 0 Å². The number of carbonyl (C=O) groups is 2. The molecule has 6 heteroatoms. The van der Waals surface area contributed by atoms with E-state index in [0.29, 0.717) is 25.9 Å². The number of rotatable bonds is 43. The van der Waals surface area contributed by atoms with Gasteiger partial charge in [0, 0.05) is 12.8 Å². The molecule has 0 heterocycles. The van der Waals surface area contributed by atoms with Gasteiger partial charge < -0.3 is 20.3 Å². The van der Waals surface area contributed by atoms with Gasteiger partial charge in [-0.15, -0.1) is 0 Å². The molecule has 0 aliphatic heterocycles. The topological polar surface area (TPSA) is 95.9 Å². The van der Waals surface area contributed by atoms with Crippen LogP contribution in [0.3, 0.4) is 0 Å². The van der Waals surface area contributed by atoms with E-state index in [0.717, 1.165) is 77.0 Å². The third-order valence-electron chi connectivity index (χ3n) is 10.7. The third kappa shape index (κ3) is 40.0. The van der Waals surface area contributed by atoms with Crippen LogP contribution in [0, 0.1) is 0 Å². The van der Waals surface area contributed by atoms with Crippen LogP contribution >= 0.6 is 0 Å². The minimum atomic E-state index is -0.678.